The number of phenols is 1. The second-order valence-corrected chi connectivity index (χ2v) is 11.7. The molecule has 4 aliphatic rings. The monoisotopic (exact) mass is 496 g/mol. The summed E-state index contributed by atoms with van der Waals surface area (Å²) in [6, 6.07) is 23.3. The van der Waals surface area contributed by atoms with Crippen molar-refractivity contribution >= 4 is 5.69 Å². The highest BCUT2D eigenvalue weighted by Gasteiger charge is 2.73. The number of benzene rings is 3. The van der Waals surface area contributed by atoms with Crippen LogP contribution in [0.3, 0.4) is 0 Å². The molecule has 1 unspecified atom stereocenters. The largest absolute Gasteiger partial charge is 0.504 e. The highest BCUT2D eigenvalue weighted by Crippen LogP contribution is 2.65. The summed E-state index contributed by atoms with van der Waals surface area (Å²) in [7, 11) is 2.15. The average molecular weight is 497 g/mol. The molecule has 2 aliphatic carbocycles. The zero-order valence-corrected chi connectivity index (χ0v) is 21.7. The molecule has 2 fully saturated rings. The number of piperidine rings is 1. The van der Waals surface area contributed by atoms with Gasteiger partial charge in [0.05, 0.1) is 17.1 Å². The number of rotatable bonds is 5. The third kappa shape index (κ3) is 3.17. The van der Waals surface area contributed by atoms with E-state index in [0.29, 0.717) is 5.75 Å². The summed E-state index contributed by atoms with van der Waals surface area (Å²) in [4.78, 5) is 4.87. The lowest BCUT2D eigenvalue weighted by atomic mass is 9.48. The molecule has 7 rings (SSSR count). The molecule has 1 spiro atoms. The van der Waals surface area contributed by atoms with Crippen LogP contribution in [-0.4, -0.2) is 59.0 Å². The predicted molar refractivity (Wildman–Crippen MR) is 146 cm³/mol. The van der Waals surface area contributed by atoms with Crippen LogP contribution in [0.2, 0.25) is 0 Å². The van der Waals surface area contributed by atoms with Gasteiger partial charge in [0.2, 0.25) is 0 Å². The number of hydrogen-bond acceptors (Lipinski definition) is 5. The first-order chi connectivity index (χ1) is 17.9. The van der Waals surface area contributed by atoms with Crippen molar-refractivity contribution in [3.8, 4) is 11.5 Å². The van der Waals surface area contributed by atoms with Gasteiger partial charge >= 0.3 is 0 Å². The molecule has 2 N–H and O–H groups in total. The van der Waals surface area contributed by atoms with Gasteiger partial charge in [0.15, 0.2) is 11.5 Å². The first-order valence-corrected chi connectivity index (χ1v) is 13.7. The maximum atomic E-state index is 12.8. The Morgan fingerprint density at radius 1 is 1.03 bits per heavy atom. The van der Waals surface area contributed by atoms with Crippen molar-refractivity contribution in [2.45, 2.75) is 68.2 Å². The van der Waals surface area contributed by atoms with E-state index in [1.165, 1.54) is 16.7 Å². The standard InChI is InChI=1S/C32H36N2O3/c1-21-8-11-24(12-9-21)33(2)25-14-16-32(36)27-20-23-10-13-26(35)29-28(23)31(32,30(25)37-29)17-19-34(27)18-15-22-6-4-3-5-7-22/h3-13,25,27,30,35-36H,14-20H2,1-2H3/t25?,27-,30+,31+,32-/m1/s1. The lowest BCUT2D eigenvalue weighted by Crippen LogP contribution is -2.78. The third-order valence-electron chi connectivity index (χ3n) is 10.0. The molecule has 0 radical (unpaired) electrons. The fourth-order valence-corrected chi connectivity index (χ4v) is 8.16. The number of ether oxygens (including phenoxy) is 1. The van der Waals surface area contributed by atoms with Crippen LogP contribution in [0.4, 0.5) is 5.69 Å². The van der Waals surface area contributed by atoms with Crippen LogP contribution in [0.5, 0.6) is 11.5 Å². The van der Waals surface area contributed by atoms with Crippen LogP contribution in [0.25, 0.3) is 0 Å². The van der Waals surface area contributed by atoms with Crippen molar-refractivity contribution in [3.63, 3.8) is 0 Å². The van der Waals surface area contributed by atoms with E-state index in [0.717, 1.165) is 56.4 Å². The molecule has 0 aromatic heterocycles. The lowest BCUT2D eigenvalue weighted by molar-refractivity contribution is -0.188. The first kappa shape index (κ1) is 23.1. The Kier molecular flexibility index (Phi) is 5.15. The van der Waals surface area contributed by atoms with E-state index in [2.05, 4.69) is 84.4 Å². The van der Waals surface area contributed by atoms with Gasteiger partial charge in [0.1, 0.15) is 6.10 Å². The van der Waals surface area contributed by atoms with E-state index in [1.807, 2.05) is 0 Å². The number of aryl methyl sites for hydroxylation is 1. The maximum Gasteiger partial charge on any atom is 0.165 e. The minimum Gasteiger partial charge on any atom is -0.504 e. The zero-order chi connectivity index (χ0) is 25.4. The second-order valence-electron chi connectivity index (χ2n) is 11.7. The molecule has 3 aromatic carbocycles. The molecule has 2 aliphatic heterocycles. The number of aliphatic hydroxyl groups is 1. The molecule has 2 heterocycles. The van der Waals surface area contributed by atoms with Gasteiger partial charge < -0.3 is 19.8 Å². The molecular weight excluding hydrogens is 460 g/mol. The molecule has 5 nitrogen and oxygen atoms in total. The Labute approximate surface area is 219 Å². The Morgan fingerprint density at radius 2 is 1.81 bits per heavy atom. The molecule has 0 amide bonds. The van der Waals surface area contributed by atoms with Crippen molar-refractivity contribution in [3.05, 3.63) is 89.0 Å². The van der Waals surface area contributed by atoms with Gasteiger partial charge in [0, 0.05) is 30.9 Å². The number of likely N-dealkylation sites (N-methyl/N-ethyl adjacent to an activating group) is 1. The topological polar surface area (TPSA) is 56.2 Å². The molecule has 37 heavy (non-hydrogen) atoms. The number of anilines is 1. The minimum absolute atomic E-state index is 0.0460. The molecule has 5 atom stereocenters. The minimum atomic E-state index is -0.886. The van der Waals surface area contributed by atoms with Gasteiger partial charge in [-0.3, -0.25) is 4.90 Å². The van der Waals surface area contributed by atoms with E-state index in [4.69, 9.17) is 4.74 Å². The number of phenolic OH excluding ortho intramolecular Hbond substituents is 1. The van der Waals surface area contributed by atoms with Gasteiger partial charge in [-0.05, 0) is 74.9 Å². The third-order valence-corrected chi connectivity index (χ3v) is 10.0. The summed E-state index contributed by atoms with van der Waals surface area (Å²) in [5.41, 5.74) is 4.66. The predicted octanol–water partition coefficient (Wildman–Crippen LogP) is 4.60. The smallest absolute Gasteiger partial charge is 0.165 e. The average Bonchev–Trinajstić information content (AvgIpc) is 3.26. The fourth-order valence-electron chi connectivity index (χ4n) is 8.16. The number of aromatic hydroxyl groups is 1. The summed E-state index contributed by atoms with van der Waals surface area (Å²) in [6.07, 6.45) is 3.98. The Morgan fingerprint density at radius 3 is 2.59 bits per heavy atom. The molecule has 5 heteroatoms. The van der Waals surface area contributed by atoms with E-state index in [1.54, 1.807) is 6.07 Å². The number of likely N-dealkylation sites (tertiary alicyclic amines) is 1. The number of nitrogens with zero attached hydrogens (tertiary/aromatic N) is 2. The van der Waals surface area contributed by atoms with Gasteiger partial charge in [-0.2, -0.15) is 0 Å². The van der Waals surface area contributed by atoms with Gasteiger partial charge in [-0.15, -0.1) is 0 Å². The zero-order valence-electron chi connectivity index (χ0n) is 21.7. The SMILES string of the molecule is Cc1ccc(N(C)C2CC[C@@]3(O)[C@H]4Cc5ccc(O)c6c5[C@@]3(CCN4CCc3ccccc3)[C@H]2O6)cc1. The van der Waals surface area contributed by atoms with Gasteiger partial charge in [-0.1, -0.05) is 54.1 Å². The van der Waals surface area contributed by atoms with E-state index >= 15 is 0 Å². The van der Waals surface area contributed by atoms with Crippen LogP contribution in [-0.2, 0) is 18.3 Å². The lowest BCUT2D eigenvalue weighted by Gasteiger charge is -2.64. The Balaban J connectivity index is 1.28. The van der Waals surface area contributed by atoms with E-state index in [9.17, 15) is 10.2 Å². The summed E-state index contributed by atoms with van der Waals surface area (Å²) in [5, 5.41) is 23.7. The second kappa shape index (κ2) is 8.24. The number of hydrogen-bond donors (Lipinski definition) is 2. The summed E-state index contributed by atoms with van der Waals surface area (Å²) >= 11 is 0. The van der Waals surface area contributed by atoms with Crippen molar-refractivity contribution in [2.75, 3.05) is 25.0 Å². The van der Waals surface area contributed by atoms with Crippen LogP contribution in [0, 0.1) is 6.92 Å². The highest BCUT2D eigenvalue weighted by atomic mass is 16.5. The van der Waals surface area contributed by atoms with Gasteiger partial charge in [-0.25, -0.2) is 0 Å². The van der Waals surface area contributed by atoms with Crippen LogP contribution >= 0.6 is 0 Å². The quantitative estimate of drug-likeness (QED) is 0.541. The van der Waals surface area contributed by atoms with Crippen LogP contribution in [0.15, 0.2) is 66.7 Å². The Hall–Kier alpha value is -3.02. The first-order valence-electron chi connectivity index (χ1n) is 13.7. The van der Waals surface area contributed by atoms with Crippen LogP contribution < -0.4 is 9.64 Å². The summed E-state index contributed by atoms with van der Waals surface area (Å²) in [6.45, 7) is 3.97. The fraction of sp³-hybridized carbons (Fsp3) is 0.438. The molecular formula is C32H36N2O3. The summed E-state index contributed by atoms with van der Waals surface area (Å²) < 4.78 is 6.75. The molecule has 1 saturated carbocycles. The normalized spacial score (nSPS) is 31.5. The Bertz CT molecular complexity index is 1330. The van der Waals surface area contributed by atoms with Crippen molar-refractivity contribution in [1.29, 1.82) is 0 Å². The van der Waals surface area contributed by atoms with Gasteiger partial charge in [0.25, 0.3) is 0 Å². The highest BCUT2D eigenvalue weighted by molar-refractivity contribution is 5.63. The van der Waals surface area contributed by atoms with E-state index < -0.39 is 11.0 Å². The molecule has 3 aromatic rings. The van der Waals surface area contributed by atoms with Crippen molar-refractivity contribution in [1.82, 2.24) is 4.90 Å². The van der Waals surface area contributed by atoms with Crippen LogP contribution in [0.1, 0.15) is 41.5 Å². The van der Waals surface area contributed by atoms with Crippen molar-refractivity contribution < 1.29 is 14.9 Å². The van der Waals surface area contributed by atoms with E-state index in [-0.39, 0.29) is 23.9 Å². The molecule has 2 bridgehead atoms. The molecule has 1 saturated heterocycles. The summed E-state index contributed by atoms with van der Waals surface area (Å²) in [5.74, 6) is 0.813. The van der Waals surface area contributed by atoms with Crippen molar-refractivity contribution in [2.24, 2.45) is 0 Å². The molecule has 192 valence electrons. The maximum absolute atomic E-state index is 12.8.